The molecule has 1 aromatic rings. The molecule has 0 N–H and O–H groups in total. The molecule has 0 saturated carbocycles. The van der Waals surface area contributed by atoms with Gasteiger partial charge in [0.1, 0.15) is 0 Å². The largest absolute Gasteiger partial charge is 0.298 e. The molecule has 0 spiro atoms. The molecule has 0 radical (unpaired) electrons. The summed E-state index contributed by atoms with van der Waals surface area (Å²) in [7, 11) is 0. The Morgan fingerprint density at radius 1 is 1.42 bits per heavy atom. The highest BCUT2D eigenvalue weighted by molar-refractivity contribution is 6.03. The molecule has 0 atom stereocenters. The number of hydrogen-bond donors (Lipinski definition) is 0. The van der Waals surface area contributed by atoms with Gasteiger partial charge in [-0.3, -0.25) is 9.59 Å². The number of amides is 1. The first-order valence-corrected chi connectivity index (χ1v) is 3.35. The van der Waals surface area contributed by atoms with Crippen molar-refractivity contribution in [3.8, 4) is 0 Å². The molecule has 0 aromatic heterocycles. The van der Waals surface area contributed by atoms with Crippen LogP contribution in [0.15, 0.2) is 29.3 Å². The highest BCUT2D eigenvalue weighted by Crippen LogP contribution is 2.06. The van der Waals surface area contributed by atoms with Crippen LogP contribution in [0.2, 0.25) is 0 Å². The van der Waals surface area contributed by atoms with Gasteiger partial charge in [0.15, 0.2) is 6.29 Å². The van der Waals surface area contributed by atoms with Crippen molar-refractivity contribution in [2.75, 3.05) is 0 Å². The van der Waals surface area contributed by atoms with Gasteiger partial charge in [0.25, 0.3) is 5.91 Å². The first-order chi connectivity index (χ1) is 5.79. The molecule has 0 fully saturated rings. The van der Waals surface area contributed by atoms with E-state index in [4.69, 9.17) is 0 Å². The normalized spacial score (nSPS) is 9.00. The second-order valence-corrected chi connectivity index (χ2v) is 2.17. The second-order valence-electron chi connectivity index (χ2n) is 2.17. The maximum Gasteiger partial charge on any atom is 0.277 e. The van der Waals surface area contributed by atoms with Crippen LogP contribution in [0.4, 0.5) is 0 Å². The van der Waals surface area contributed by atoms with E-state index < -0.39 is 5.91 Å². The zero-order chi connectivity index (χ0) is 8.97. The van der Waals surface area contributed by atoms with Crippen molar-refractivity contribution in [1.29, 1.82) is 0 Å². The zero-order valence-electron chi connectivity index (χ0n) is 6.36. The third-order valence-electron chi connectivity index (χ3n) is 1.46. The lowest BCUT2D eigenvalue weighted by molar-refractivity contribution is 0.0996. The van der Waals surface area contributed by atoms with E-state index >= 15 is 0 Å². The van der Waals surface area contributed by atoms with Crippen LogP contribution < -0.4 is 0 Å². The van der Waals surface area contributed by atoms with Gasteiger partial charge in [0, 0.05) is 5.56 Å². The molecule has 0 bridgehead atoms. The zero-order valence-corrected chi connectivity index (χ0v) is 6.36. The van der Waals surface area contributed by atoms with Gasteiger partial charge in [-0.15, -0.1) is 0 Å². The Labute approximate surface area is 69.7 Å². The molecule has 0 saturated heterocycles. The summed E-state index contributed by atoms with van der Waals surface area (Å²) in [6.07, 6.45) is 0.623. The standard InChI is InChI=1S/C9H7NO2/c1-10-9(12)8-5-3-2-4-7(8)6-11/h2-6H,1H2. The Morgan fingerprint density at radius 3 is 2.67 bits per heavy atom. The lowest BCUT2D eigenvalue weighted by Crippen LogP contribution is -1.98. The number of aliphatic imine (C=N–C) groups is 1. The summed E-state index contributed by atoms with van der Waals surface area (Å²) in [4.78, 5) is 24.7. The van der Waals surface area contributed by atoms with Crippen LogP contribution in [0.25, 0.3) is 0 Å². The van der Waals surface area contributed by atoms with E-state index in [1.807, 2.05) is 0 Å². The highest BCUT2D eigenvalue weighted by Gasteiger charge is 2.06. The van der Waals surface area contributed by atoms with Gasteiger partial charge in [-0.2, -0.15) is 0 Å². The van der Waals surface area contributed by atoms with Crippen molar-refractivity contribution >= 4 is 18.9 Å². The second kappa shape index (κ2) is 3.57. The lowest BCUT2D eigenvalue weighted by Gasteiger charge is -1.96. The summed E-state index contributed by atoms with van der Waals surface area (Å²) in [5.41, 5.74) is 0.636. The van der Waals surface area contributed by atoms with Crippen molar-refractivity contribution in [2.24, 2.45) is 4.99 Å². The summed E-state index contributed by atoms with van der Waals surface area (Å²) in [6.45, 7) is 3.10. The van der Waals surface area contributed by atoms with Gasteiger partial charge < -0.3 is 0 Å². The van der Waals surface area contributed by atoms with Crippen LogP contribution in [0, 0.1) is 0 Å². The fourth-order valence-corrected chi connectivity index (χ4v) is 0.880. The molecule has 3 nitrogen and oxygen atoms in total. The molecule has 1 rings (SSSR count). The fourth-order valence-electron chi connectivity index (χ4n) is 0.880. The van der Waals surface area contributed by atoms with E-state index in [9.17, 15) is 9.59 Å². The van der Waals surface area contributed by atoms with Crippen LogP contribution in [-0.2, 0) is 0 Å². The molecule has 3 heteroatoms. The smallest absolute Gasteiger partial charge is 0.277 e. The molecule has 0 aliphatic heterocycles. The number of aldehydes is 1. The predicted molar refractivity (Wildman–Crippen MR) is 45.7 cm³/mol. The molecule has 0 aliphatic carbocycles. The minimum Gasteiger partial charge on any atom is -0.298 e. The van der Waals surface area contributed by atoms with Gasteiger partial charge in [-0.1, -0.05) is 18.2 Å². The van der Waals surface area contributed by atoms with E-state index in [-0.39, 0.29) is 0 Å². The highest BCUT2D eigenvalue weighted by atomic mass is 16.1. The quantitative estimate of drug-likeness (QED) is 0.485. The molecule has 12 heavy (non-hydrogen) atoms. The Morgan fingerprint density at radius 2 is 2.08 bits per heavy atom. The van der Waals surface area contributed by atoms with Crippen LogP contribution in [0.5, 0.6) is 0 Å². The summed E-state index contributed by atoms with van der Waals surface area (Å²) < 4.78 is 0. The fraction of sp³-hybridized carbons (Fsp3) is 0. The van der Waals surface area contributed by atoms with Gasteiger partial charge in [0.2, 0.25) is 0 Å². The topological polar surface area (TPSA) is 46.5 Å². The lowest BCUT2D eigenvalue weighted by atomic mass is 10.1. The van der Waals surface area contributed by atoms with Crippen molar-refractivity contribution in [3.63, 3.8) is 0 Å². The molecule has 0 heterocycles. The average Bonchev–Trinajstić information content (AvgIpc) is 2.16. The number of carbonyl (C=O) groups excluding carboxylic acids is 2. The summed E-state index contributed by atoms with van der Waals surface area (Å²) in [5, 5.41) is 0. The Bertz CT molecular complexity index is 331. The molecule has 60 valence electrons. The van der Waals surface area contributed by atoms with E-state index in [2.05, 4.69) is 11.7 Å². The molecule has 0 aliphatic rings. The number of rotatable bonds is 2. The molecule has 0 unspecified atom stereocenters. The van der Waals surface area contributed by atoms with Crippen molar-refractivity contribution < 1.29 is 9.59 Å². The molecular weight excluding hydrogens is 154 g/mol. The van der Waals surface area contributed by atoms with E-state index in [0.29, 0.717) is 17.4 Å². The van der Waals surface area contributed by atoms with Gasteiger partial charge in [0.05, 0.1) is 5.56 Å². The predicted octanol–water partition coefficient (Wildman–Crippen LogP) is 1.34. The first kappa shape index (κ1) is 8.33. The molecule has 1 amide bonds. The monoisotopic (exact) mass is 161 g/mol. The van der Waals surface area contributed by atoms with E-state index in [1.165, 1.54) is 0 Å². The van der Waals surface area contributed by atoms with Gasteiger partial charge in [-0.25, -0.2) is 4.99 Å². The van der Waals surface area contributed by atoms with Crippen molar-refractivity contribution in [2.45, 2.75) is 0 Å². The van der Waals surface area contributed by atoms with Crippen molar-refractivity contribution in [3.05, 3.63) is 35.4 Å². The van der Waals surface area contributed by atoms with Gasteiger partial charge >= 0.3 is 0 Å². The van der Waals surface area contributed by atoms with Crippen LogP contribution in [-0.4, -0.2) is 18.9 Å². The maximum atomic E-state index is 11.0. The maximum absolute atomic E-state index is 11.0. The van der Waals surface area contributed by atoms with E-state index in [0.717, 1.165) is 0 Å². The minimum absolute atomic E-state index is 0.294. The van der Waals surface area contributed by atoms with Gasteiger partial charge in [-0.05, 0) is 12.8 Å². The minimum atomic E-state index is -0.474. The van der Waals surface area contributed by atoms with Crippen LogP contribution in [0.3, 0.4) is 0 Å². The van der Waals surface area contributed by atoms with Crippen molar-refractivity contribution in [1.82, 2.24) is 0 Å². The Kier molecular flexibility index (Phi) is 2.48. The third kappa shape index (κ3) is 1.45. The molecule has 1 aromatic carbocycles. The summed E-state index contributed by atoms with van der Waals surface area (Å²) in [5.74, 6) is -0.474. The number of hydrogen-bond acceptors (Lipinski definition) is 2. The van der Waals surface area contributed by atoms with E-state index in [1.54, 1.807) is 24.3 Å². The Hall–Kier alpha value is -1.77. The summed E-state index contributed by atoms with van der Waals surface area (Å²) in [6, 6.07) is 6.46. The van der Waals surface area contributed by atoms with Crippen LogP contribution in [0.1, 0.15) is 20.7 Å². The third-order valence-corrected chi connectivity index (χ3v) is 1.46. The number of benzene rings is 1. The number of carbonyl (C=O) groups is 2. The first-order valence-electron chi connectivity index (χ1n) is 3.35. The molecular formula is C9H7NO2. The SMILES string of the molecule is C=NC(=O)c1ccccc1C=O. The number of nitrogens with zero attached hydrogens (tertiary/aromatic N) is 1. The summed E-state index contributed by atoms with van der Waals surface area (Å²) >= 11 is 0. The average molecular weight is 161 g/mol. The Balaban J connectivity index is 3.21. The van der Waals surface area contributed by atoms with Crippen LogP contribution >= 0.6 is 0 Å².